The van der Waals surface area contributed by atoms with Crippen molar-refractivity contribution in [1.82, 2.24) is 4.90 Å². The summed E-state index contributed by atoms with van der Waals surface area (Å²) in [5, 5.41) is 10.3. The number of hydrogen-bond donors (Lipinski definition) is 1. The summed E-state index contributed by atoms with van der Waals surface area (Å²) < 4.78 is 5.56. The van der Waals surface area contributed by atoms with Crippen LogP contribution in [0.5, 0.6) is 0 Å². The number of aliphatic hydroxyl groups excluding tert-OH is 1. The summed E-state index contributed by atoms with van der Waals surface area (Å²) in [7, 11) is 0. The highest BCUT2D eigenvalue weighted by Gasteiger charge is 2.40. The van der Waals surface area contributed by atoms with Gasteiger partial charge in [-0.1, -0.05) is 57.6 Å². The molecule has 2 aliphatic heterocycles. The normalized spacial score (nSPS) is 30.9. The highest BCUT2D eigenvalue weighted by Crippen LogP contribution is 2.35. The molecule has 1 N–H and O–H groups in total. The fourth-order valence-electron chi connectivity index (χ4n) is 4.73. The molecule has 150 valence electrons. The zero-order valence-electron chi connectivity index (χ0n) is 17.0. The van der Waals surface area contributed by atoms with Crippen molar-refractivity contribution in [3.8, 4) is 0 Å². The molecule has 2 fully saturated rings. The monoisotopic (exact) mass is 365 g/mol. The van der Waals surface area contributed by atoms with Gasteiger partial charge in [-0.25, -0.2) is 0 Å². The molecular formula is C22H39NO3. The lowest BCUT2D eigenvalue weighted by atomic mass is 9.84. The maximum atomic E-state index is 11.4. The average molecular weight is 366 g/mol. The Balaban J connectivity index is 1.87. The highest BCUT2D eigenvalue weighted by atomic mass is 16.5. The molecular weight excluding hydrogens is 326 g/mol. The van der Waals surface area contributed by atoms with Gasteiger partial charge >= 0.3 is 5.97 Å². The van der Waals surface area contributed by atoms with Crippen molar-refractivity contribution in [2.24, 2.45) is 0 Å². The molecule has 2 heterocycles. The molecule has 2 rings (SSSR count). The number of esters is 1. The van der Waals surface area contributed by atoms with E-state index < -0.39 is 0 Å². The van der Waals surface area contributed by atoms with Crippen LogP contribution < -0.4 is 0 Å². The molecule has 0 aromatic carbocycles. The molecule has 5 atom stereocenters. The zero-order chi connectivity index (χ0) is 18.9. The number of carbonyl (C=O) groups excluding carboxylic acids is 1. The number of nitrogens with zero attached hydrogens (tertiary/aromatic N) is 1. The second-order valence-electron chi connectivity index (χ2n) is 8.22. The van der Waals surface area contributed by atoms with Gasteiger partial charge in [-0.3, -0.25) is 9.69 Å². The van der Waals surface area contributed by atoms with Gasteiger partial charge in [0, 0.05) is 25.0 Å². The Morgan fingerprint density at radius 2 is 1.96 bits per heavy atom. The minimum Gasteiger partial charge on any atom is -0.461 e. The third-order valence-corrected chi connectivity index (χ3v) is 6.11. The van der Waals surface area contributed by atoms with Crippen molar-refractivity contribution in [3.05, 3.63) is 12.2 Å². The van der Waals surface area contributed by atoms with E-state index in [1.807, 2.05) is 6.08 Å². The van der Waals surface area contributed by atoms with E-state index in [2.05, 4.69) is 24.8 Å². The number of rotatable bonds is 9. The Kier molecular flexibility index (Phi) is 9.13. The van der Waals surface area contributed by atoms with Crippen molar-refractivity contribution >= 4 is 5.97 Å². The molecule has 0 unspecified atom stereocenters. The van der Waals surface area contributed by atoms with Gasteiger partial charge in [-0.2, -0.15) is 0 Å². The predicted molar refractivity (Wildman–Crippen MR) is 106 cm³/mol. The minimum absolute atomic E-state index is 0.00115. The Morgan fingerprint density at radius 1 is 1.19 bits per heavy atom. The first-order valence-corrected chi connectivity index (χ1v) is 10.8. The van der Waals surface area contributed by atoms with Crippen molar-refractivity contribution in [3.63, 3.8) is 0 Å². The molecule has 2 aliphatic rings. The number of carbonyl (C=O) groups is 1. The summed E-state index contributed by atoms with van der Waals surface area (Å²) in [4.78, 5) is 13.9. The smallest absolute Gasteiger partial charge is 0.302 e. The highest BCUT2D eigenvalue weighted by molar-refractivity contribution is 5.66. The molecule has 0 bridgehead atoms. The molecule has 26 heavy (non-hydrogen) atoms. The molecule has 0 aromatic rings. The molecule has 0 spiro atoms. The maximum Gasteiger partial charge on any atom is 0.302 e. The van der Waals surface area contributed by atoms with Crippen LogP contribution in [-0.4, -0.2) is 46.3 Å². The third-order valence-electron chi connectivity index (χ3n) is 6.11. The van der Waals surface area contributed by atoms with Crippen LogP contribution in [0.1, 0.15) is 91.4 Å². The quantitative estimate of drug-likeness (QED) is 0.368. The van der Waals surface area contributed by atoms with E-state index in [1.54, 1.807) is 0 Å². The molecule has 0 aliphatic carbocycles. The van der Waals surface area contributed by atoms with Crippen LogP contribution >= 0.6 is 0 Å². The lowest BCUT2D eigenvalue weighted by molar-refractivity contribution is -0.155. The van der Waals surface area contributed by atoms with Crippen LogP contribution in [0, 0.1) is 0 Å². The Labute approximate surface area is 160 Å². The van der Waals surface area contributed by atoms with Crippen molar-refractivity contribution < 1.29 is 14.6 Å². The summed E-state index contributed by atoms with van der Waals surface area (Å²) in [6.07, 6.45) is 16.6. The van der Waals surface area contributed by atoms with Crippen molar-refractivity contribution in [2.75, 3.05) is 0 Å². The van der Waals surface area contributed by atoms with Crippen LogP contribution in [0.4, 0.5) is 0 Å². The average Bonchev–Trinajstić information content (AvgIpc) is 2.61. The molecule has 2 saturated heterocycles. The van der Waals surface area contributed by atoms with Gasteiger partial charge in [0.15, 0.2) is 0 Å². The van der Waals surface area contributed by atoms with Gasteiger partial charge in [-0.05, 0) is 39.0 Å². The van der Waals surface area contributed by atoms with Gasteiger partial charge in [0.05, 0.1) is 6.10 Å². The van der Waals surface area contributed by atoms with E-state index in [0.29, 0.717) is 12.1 Å². The second-order valence-corrected chi connectivity index (χ2v) is 8.22. The van der Waals surface area contributed by atoms with E-state index in [4.69, 9.17) is 4.74 Å². The van der Waals surface area contributed by atoms with Crippen LogP contribution in [0.25, 0.3) is 0 Å². The number of hydrogen-bond acceptors (Lipinski definition) is 4. The van der Waals surface area contributed by atoms with Gasteiger partial charge in [0.2, 0.25) is 0 Å². The number of piperidine rings is 2. The van der Waals surface area contributed by atoms with Gasteiger partial charge in [-0.15, -0.1) is 0 Å². The lowest BCUT2D eigenvalue weighted by Crippen LogP contribution is -2.58. The van der Waals surface area contributed by atoms with Crippen molar-refractivity contribution in [2.45, 2.75) is 122 Å². The van der Waals surface area contributed by atoms with E-state index >= 15 is 0 Å². The van der Waals surface area contributed by atoms with Crippen molar-refractivity contribution in [1.29, 1.82) is 0 Å². The topological polar surface area (TPSA) is 49.8 Å². The third kappa shape index (κ3) is 6.38. The minimum atomic E-state index is -0.332. The van der Waals surface area contributed by atoms with Crippen LogP contribution in [0.2, 0.25) is 0 Å². The fraction of sp³-hybridized carbons (Fsp3) is 0.864. The Hall–Kier alpha value is -0.870. The SMILES string of the molecule is CCCCCCC[C@H](O)/C=C/[C@@H]1CCC[C@H]2CC[C@@H](OC(C)=O)[C@H](C)N21. The fourth-order valence-corrected chi connectivity index (χ4v) is 4.73. The number of unbranched alkanes of at least 4 members (excludes halogenated alkanes) is 4. The molecule has 4 nitrogen and oxygen atoms in total. The summed E-state index contributed by atoms with van der Waals surface area (Å²) in [6, 6.07) is 1.20. The van der Waals surface area contributed by atoms with E-state index in [0.717, 1.165) is 32.1 Å². The summed E-state index contributed by atoms with van der Waals surface area (Å²) in [5.74, 6) is -0.178. The van der Waals surface area contributed by atoms with Crippen LogP contribution in [0.3, 0.4) is 0 Å². The molecule has 0 amide bonds. The number of aliphatic hydroxyl groups is 1. The molecule has 0 aromatic heterocycles. The summed E-state index contributed by atoms with van der Waals surface area (Å²) >= 11 is 0. The molecule has 0 saturated carbocycles. The summed E-state index contributed by atoms with van der Waals surface area (Å²) in [6.45, 7) is 5.92. The summed E-state index contributed by atoms with van der Waals surface area (Å²) in [5.41, 5.74) is 0. The predicted octanol–water partition coefficient (Wildman–Crippen LogP) is 4.60. The zero-order valence-corrected chi connectivity index (χ0v) is 17.0. The first kappa shape index (κ1) is 21.4. The largest absolute Gasteiger partial charge is 0.461 e. The van der Waals surface area contributed by atoms with E-state index in [1.165, 1.54) is 45.4 Å². The van der Waals surface area contributed by atoms with Crippen LogP contribution in [0.15, 0.2) is 12.2 Å². The van der Waals surface area contributed by atoms with E-state index in [9.17, 15) is 9.90 Å². The van der Waals surface area contributed by atoms with Gasteiger partial charge < -0.3 is 9.84 Å². The first-order chi connectivity index (χ1) is 12.5. The van der Waals surface area contributed by atoms with Gasteiger partial charge in [0.1, 0.15) is 6.10 Å². The Bertz CT molecular complexity index is 451. The van der Waals surface area contributed by atoms with Crippen LogP contribution in [-0.2, 0) is 9.53 Å². The Morgan fingerprint density at radius 3 is 2.69 bits per heavy atom. The number of fused-ring (bicyclic) bond motifs is 1. The number of ether oxygens (including phenoxy) is 1. The lowest BCUT2D eigenvalue weighted by Gasteiger charge is -2.50. The molecule has 0 radical (unpaired) electrons. The standard InChI is InChI=1S/C22H39NO3/c1-4-5-6-7-8-12-21(25)15-13-19-10-9-11-20-14-16-22(26-18(3)24)17(2)23(19)20/h13,15,17,19-22,25H,4-12,14,16H2,1-3H3/b15-13+/t17-,19-,20-,21-,22+/m0/s1. The maximum absolute atomic E-state index is 11.4. The van der Waals surface area contributed by atoms with E-state index in [-0.39, 0.29) is 24.2 Å². The first-order valence-electron chi connectivity index (χ1n) is 10.8. The second kappa shape index (κ2) is 11.1. The molecule has 4 heteroatoms. The van der Waals surface area contributed by atoms with Gasteiger partial charge in [0.25, 0.3) is 0 Å².